The summed E-state index contributed by atoms with van der Waals surface area (Å²) in [7, 11) is 6.66. The van der Waals surface area contributed by atoms with Crippen LogP contribution in [-0.4, -0.2) is 94.6 Å². The van der Waals surface area contributed by atoms with Gasteiger partial charge in [-0.2, -0.15) is 13.2 Å². The van der Waals surface area contributed by atoms with Crippen LogP contribution in [0.4, 0.5) is 19.0 Å². The first kappa shape index (κ1) is 28.1. The van der Waals surface area contributed by atoms with Gasteiger partial charge in [-0.3, -0.25) is 4.79 Å². The number of aliphatic hydroxyl groups excluding tert-OH is 1. The fourth-order valence-electron chi connectivity index (χ4n) is 3.39. The number of carbonyl (C=O) groups is 1. The first-order valence-corrected chi connectivity index (χ1v) is 13.3. The maximum absolute atomic E-state index is 12.4. The molecule has 15 heteroatoms. The third-order valence-corrected chi connectivity index (χ3v) is 6.40. The van der Waals surface area contributed by atoms with Crippen molar-refractivity contribution in [3.63, 3.8) is 0 Å². The predicted octanol–water partition coefficient (Wildman–Crippen LogP) is 2.32. The van der Waals surface area contributed by atoms with E-state index in [1.54, 1.807) is 52.2 Å². The van der Waals surface area contributed by atoms with Gasteiger partial charge in [0.05, 0.1) is 36.5 Å². The standard InChI is InChI=1S/C21H25F3N6O4S2/c1-29(2)11-28-18-17-13(5-4-6-25-20(32)21(22,23)24)8-30(19(17)27-10-26-18)16-7-14(15(9-31)34-16)33-12-36-35-3/h8,10-11,14-16,31H,6-7,9,12H2,1-3H3,(H,25,32)/b28-11+/t14?,15-,16-/m1/s1. The highest BCUT2D eigenvalue weighted by atomic mass is 33.1. The van der Waals surface area contributed by atoms with Crippen molar-refractivity contribution in [3.05, 3.63) is 18.1 Å². The van der Waals surface area contributed by atoms with Gasteiger partial charge in [0.25, 0.3) is 0 Å². The molecule has 0 saturated carbocycles. The molecular weight excluding hydrogens is 521 g/mol. The molecule has 10 nitrogen and oxygen atoms in total. The van der Waals surface area contributed by atoms with E-state index in [9.17, 15) is 23.1 Å². The van der Waals surface area contributed by atoms with Gasteiger partial charge in [-0.05, 0) is 6.26 Å². The molecule has 0 bridgehead atoms. The number of rotatable bonds is 9. The number of nitrogens with zero attached hydrogens (tertiary/aromatic N) is 5. The van der Waals surface area contributed by atoms with Gasteiger partial charge in [0, 0.05) is 26.7 Å². The molecule has 36 heavy (non-hydrogen) atoms. The van der Waals surface area contributed by atoms with E-state index >= 15 is 0 Å². The highest BCUT2D eigenvalue weighted by Crippen LogP contribution is 2.36. The zero-order valence-electron chi connectivity index (χ0n) is 19.7. The lowest BCUT2D eigenvalue weighted by atomic mass is 10.2. The van der Waals surface area contributed by atoms with Gasteiger partial charge >= 0.3 is 12.1 Å². The molecule has 1 amide bonds. The molecule has 0 radical (unpaired) electrons. The minimum Gasteiger partial charge on any atom is -0.394 e. The quantitative estimate of drug-likeness (QED) is 0.122. The molecule has 1 aliphatic rings. The summed E-state index contributed by atoms with van der Waals surface area (Å²) in [6, 6.07) is 0. The fraction of sp³-hybridized carbons (Fsp3) is 0.524. The summed E-state index contributed by atoms with van der Waals surface area (Å²) < 4.78 is 50.9. The Morgan fingerprint density at radius 3 is 2.92 bits per heavy atom. The lowest BCUT2D eigenvalue weighted by Gasteiger charge is -2.15. The van der Waals surface area contributed by atoms with Crippen LogP contribution in [0.1, 0.15) is 18.2 Å². The van der Waals surface area contributed by atoms with Crippen LogP contribution in [0.2, 0.25) is 0 Å². The minimum atomic E-state index is -4.99. The van der Waals surface area contributed by atoms with Crippen molar-refractivity contribution < 1.29 is 32.5 Å². The van der Waals surface area contributed by atoms with Crippen LogP contribution >= 0.6 is 21.6 Å². The number of aliphatic hydroxyl groups is 1. The van der Waals surface area contributed by atoms with E-state index < -0.39 is 31.0 Å². The number of hydrogen-bond donors (Lipinski definition) is 2. The molecule has 2 aromatic rings. The summed E-state index contributed by atoms with van der Waals surface area (Å²) in [5, 5.41) is 12.0. The highest BCUT2D eigenvalue weighted by Gasteiger charge is 2.38. The van der Waals surface area contributed by atoms with Crippen LogP contribution in [0.25, 0.3) is 11.0 Å². The van der Waals surface area contributed by atoms with E-state index in [4.69, 9.17) is 9.47 Å². The van der Waals surface area contributed by atoms with Gasteiger partial charge in [-0.15, -0.1) is 0 Å². The monoisotopic (exact) mass is 546 g/mol. The summed E-state index contributed by atoms with van der Waals surface area (Å²) in [6.45, 7) is -0.742. The third-order valence-electron chi connectivity index (χ3n) is 4.94. The van der Waals surface area contributed by atoms with Crippen molar-refractivity contribution in [1.29, 1.82) is 0 Å². The molecule has 3 rings (SSSR count). The molecule has 1 saturated heterocycles. The number of carbonyl (C=O) groups excluding carboxylic acids is 1. The normalized spacial score (nSPS) is 20.0. The average molecular weight is 547 g/mol. The van der Waals surface area contributed by atoms with E-state index in [1.165, 1.54) is 17.1 Å². The van der Waals surface area contributed by atoms with E-state index in [-0.39, 0.29) is 12.7 Å². The Kier molecular flexibility index (Phi) is 9.85. The zero-order valence-corrected chi connectivity index (χ0v) is 21.3. The third kappa shape index (κ3) is 7.04. The van der Waals surface area contributed by atoms with E-state index in [0.717, 1.165) is 0 Å². The number of halogens is 3. The number of fused-ring (bicyclic) bond motifs is 1. The van der Waals surface area contributed by atoms with Crippen molar-refractivity contribution >= 4 is 50.7 Å². The average Bonchev–Trinajstić information content (AvgIpc) is 3.41. The maximum atomic E-state index is 12.4. The van der Waals surface area contributed by atoms with E-state index in [1.807, 2.05) is 6.26 Å². The number of ether oxygens (including phenoxy) is 2. The topological polar surface area (TPSA) is 114 Å². The fourth-order valence-corrected chi connectivity index (χ4v) is 4.17. The Hall–Kier alpha value is -2.51. The van der Waals surface area contributed by atoms with Gasteiger partial charge < -0.3 is 29.4 Å². The highest BCUT2D eigenvalue weighted by molar-refractivity contribution is 8.76. The smallest absolute Gasteiger partial charge is 0.394 e. The van der Waals surface area contributed by atoms with Crippen LogP contribution < -0.4 is 5.32 Å². The Bertz CT molecular complexity index is 1150. The first-order chi connectivity index (χ1) is 17.2. The van der Waals surface area contributed by atoms with Crippen LogP contribution in [-0.2, 0) is 14.3 Å². The van der Waals surface area contributed by atoms with Crippen molar-refractivity contribution in [2.75, 3.05) is 39.4 Å². The molecule has 1 fully saturated rings. The number of alkyl halides is 3. The predicted molar refractivity (Wildman–Crippen MR) is 132 cm³/mol. The molecule has 1 unspecified atom stereocenters. The van der Waals surface area contributed by atoms with Crippen molar-refractivity contribution in [3.8, 4) is 11.8 Å². The van der Waals surface area contributed by atoms with Gasteiger partial charge in [0.15, 0.2) is 5.82 Å². The molecule has 2 aromatic heterocycles. The lowest BCUT2D eigenvalue weighted by molar-refractivity contribution is -0.173. The largest absolute Gasteiger partial charge is 0.471 e. The summed E-state index contributed by atoms with van der Waals surface area (Å²) in [4.78, 5) is 25.7. The summed E-state index contributed by atoms with van der Waals surface area (Å²) in [5.41, 5.74) is 0.838. The number of aromatic nitrogens is 3. The molecule has 0 aliphatic carbocycles. The molecule has 3 heterocycles. The Morgan fingerprint density at radius 2 is 2.25 bits per heavy atom. The zero-order chi connectivity index (χ0) is 26.3. The van der Waals surface area contributed by atoms with E-state index in [0.29, 0.717) is 34.8 Å². The second-order valence-corrected chi connectivity index (χ2v) is 10.2. The van der Waals surface area contributed by atoms with E-state index in [2.05, 4.69) is 26.8 Å². The molecule has 2 N–H and O–H groups in total. The Morgan fingerprint density at radius 1 is 1.47 bits per heavy atom. The van der Waals surface area contributed by atoms with Gasteiger partial charge in [0.1, 0.15) is 30.2 Å². The van der Waals surface area contributed by atoms with Crippen LogP contribution in [0.3, 0.4) is 0 Å². The molecule has 3 atom stereocenters. The van der Waals surface area contributed by atoms with Crippen LogP contribution in [0.5, 0.6) is 0 Å². The number of amides is 1. The van der Waals surface area contributed by atoms with Gasteiger partial charge in [-0.1, -0.05) is 33.4 Å². The molecular formula is C21H25F3N6O4S2. The number of aliphatic imine (C=N–C) groups is 1. The van der Waals surface area contributed by atoms with Crippen molar-refractivity contribution in [1.82, 2.24) is 24.8 Å². The summed E-state index contributed by atoms with van der Waals surface area (Å²) in [5.74, 6) is 3.97. The lowest BCUT2D eigenvalue weighted by Crippen LogP contribution is -2.36. The molecule has 196 valence electrons. The van der Waals surface area contributed by atoms with Crippen molar-refractivity contribution in [2.45, 2.75) is 31.0 Å². The number of hydrogen-bond acceptors (Lipinski definition) is 9. The minimum absolute atomic E-state index is 0.233. The SMILES string of the molecule is CSSCOC1C[C@H](n2cc(C#CCNC(=O)C(F)(F)F)c3c(/N=C/N(C)C)ncnc32)O[C@@H]1CO. The summed E-state index contributed by atoms with van der Waals surface area (Å²) >= 11 is 0. The molecule has 0 spiro atoms. The molecule has 1 aliphatic heterocycles. The Labute approximate surface area is 213 Å². The second-order valence-electron chi connectivity index (χ2n) is 7.69. The van der Waals surface area contributed by atoms with Crippen molar-refractivity contribution in [2.24, 2.45) is 4.99 Å². The van der Waals surface area contributed by atoms with Crippen LogP contribution in [0, 0.1) is 11.8 Å². The number of nitrogens with one attached hydrogen (secondary N) is 1. The summed E-state index contributed by atoms with van der Waals surface area (Å²) in [6.07, 6.45) is 0.455. The first-order valence-electron chi connectivity index (χ1n) is 10.6. The van der Waals surface area contributed by atoms with Gasteiger partial charge in [0.2, 0.25) is 0 Å². The molecule has 0 aromatic carbocycles. The van der Waals surface area contributed by atoms with Crippen LogP contribution in [0.15, 0.2) is 17.5 Å². The maximum Gasteiger partial charge on any atom is 0.471 e. The van der Waals surface area contributed by atoms with Gasteiger partial charge in [-0.25, -0.2) is 15.0 Å². The second kappa shape index (κ2) is 12.6. The Balaban J connectivity index is 1.95.